The van der Waals surface area contributed by atoms with Gasteiger partial charge in [0, 0.05) is 27.7 Å². The van der Waals surface area contributed by atoms with Gasteiger partial charge in [0.1, 0.15) is 11.5 Å². The van der Waals surface area contributed by atoms with E-state index in [4.69, 9.17) is 4.42 Å². The summed E-state index contributed by atoms with van der Waals surface area (Å²) in [5, 5.41) is 13.5. The van der Waals surface area contributed by atoms with Gasteiger partial charge in [-0.2, -0.15) is 0 Å². The summed E-state index contributed by atoms with van der Waals surface area (Å²) in [7, 11) is 0. The molecule has 0 atom stereocenters. The highest BCUT2D eigenvalue weighted by atomic mass is 79.9. The second kappa shape index (κ2) is 7.31. The van der Waals surface area contributed by atoms with Crippen molar-refractivity contribution in [1.82, 2.24) is 5.32 Å². The van der Waals surface area contributed by atoms with Gasteiger partial charge in [-0.05, 0) is 30.3 Å². The van der Waals surface area contributed by atoms with Crippen LogP contribution in [-0.4, -0.2) is 10.8 Å². The minimum Gasteiger partial charge on any atom is -0.459 e. The highest BCUT2D eigenvalue weighted by molar-refractivity contribution is 9.10. The lowest BCUT2D eigenvalue weighted by Crippen LogP contribution is -2.22. The van der Waals surface area contributed by atoms with Crippen LogP contribution in [0.4, 0.5) is 5.69 Å². The zero-order valence-corrected chi connectivity index (χ0v) is 14.5. The number of rotatable bonds is 5. The van der Waals surface area contributed by atoms with E-state index in [1.807, 2.05) is 30.3 Å². The monoisotopic (exact) mass is 400 g/mol. The Bertz CT molecular complexity index is 919. The number of benzene rings is 2. The zero-order valence-electron chi connectivity index (χ0n) is 12.9. The largest absolute Gasteiger partial charge is 0.459 e. The number of furan rings is 1. The first-order valence-corrected chi connectivity index (χ1v) is 8.19. The maximum Gasteiger partial charge on any atom is 0.270 e. The van der Waals surface area contributed by atoms with Crippen molar-refractivity contribution < 1.29 is 14.1 Å². The number of nitro benzene ring substituents is 1. The number of nitro groups is 1. The summed E-state index contributed by atoms with van der Waals surface area (Å²) in [5.41, 5.74) is 1.04. The van der Waals surface area contributed by atoms with Gasteiger partial charge < -0.3 is 9.73 Å². The Morgan fingerprint density at radius 3 is 2.60 bits per heavy atom. The molecule has 0 fully saturated rings. The van der Waals surface area contributed by atoms with Crippen molar-refractivity contribution in [3.8, 4) is 11.3 Å². The average molecular weight is 401 g/mol. The van der Waals surface area contributed by atoms with E-state index in [2.05, 4.69) is 21.2 Å². The Labute approximate surface area is 151 Å². The molecule has 2 aromatic carbocycles. The molecule has 1 heterocycles. The second-order valence-corrected chi connectivity index (χ2v) is 6.18. The fourth-order valence-electron chi connectivity index (χ4n) is 2.27. The van der Waals surface area contributed by atoms with E-state index in [0.717, 1.165) is 10.0 Å². The first kappa shape index (κ1) is 16.9. The van der Waals surface area contributed by atoms with E-state index in [0.29, 0.717) is 11.5 Å². The molecule has 1 N–H and O–H groups in total. The van der Waals surface area contributed by atoms with E-state index in [1.54, 1.807) is 6.07 Å². The molecule has 0 aliphatic rings. The summed E-state index contributed by atoms with van der Waals surface area (Å²) in [6, 6.07) is 16.9. The SMILES string of the molecule is O=C(NCc1ccc(-c2ccc(Br)cc2)o1)c1cccc([N+](=O)[O-])c1. The number of carbonyl (C=O) groups is 1. The van der Waals surface area contributed by atoms with E-state index in [-0.39, 0.29) is 17.8 Å². The van der Waals surface area contributed by atoms with Crippen LogP contribution in [0, 0.1) is 10.1 Å². The maximum atomic E-state index is 12.1. The third-order valence-corrected chi connectivity index (χ3v) is 4.06. The van der Waals surface area contributed by atoms with Crippen molar-refractivity contribution in [2.75, 3.05) is 0 Å². The van der Waals surface area contributed by atoms with Gasteiger partial charge in [-0.1, -0.05) is 34.1 Å². The number of hydrogen-bond donors (Lipinski definition) is 1. The molecule has 0 spiro atoms. The summed E-state index contributed by atoms with van der Waals surface area (Å²) >= 11 is 3.38. The molecule has 3 aromatic rings. The number of nitrogens with one attached hydrogen (secondary N) is 1. The molecular weight excluding hydrogens is 388 g/mol. The minimum absolute atomic E-state index is 0.122. The van der Waals surface area contributed by atoms with Gasteiger partial charge in [0.05, 0.1) is 11.5 Å². The van der Waals surface area contributed by atoms with Crippen molar-refractivity contribution in [1.29, 1.82) is 0 Å². The average Bonchev–Trinajstić information content (AvgIpc) is 3.09. The number of halogens is 1. The fraction of sp³-hybridized carbons (Fsp3) is 0.0556. The minimum atomic E-state index is -0.534. The molecule has 0 saturated heterocycles. The lowest BCUT2D eigenvalue weighted by atomic mass is 10.2. The molecule has 25 heavy (non-hydrogen) atoms. The van der Waals surface area contributed by atoms with Crippen molar-refractivity contribution in [3.63, 3.8) is 0 Å². The third kappa shape index (κ3) is 4.13. The van der Waals surface area contributed by atoms with Crippen LogP contribution in [0.25, 0.3) is 11.3 Å². The first-order valence-electron chi connectivity index (χ1n) is 7.40. The summed E-state index contributed by atoms with van der Waals surface area (Å²) < 4.78 is 6.70. The van der Waals surface area contributed by atoms with Crippen molar-refractivity contribution in [2.45, 2.75) is 6.54 Å². The van der Waals surface area contributed by atoms with Gasteiger partial charge in [-0.25, -0.2) is 0 Å². The van der Waals surface area contributed by atoms with Crippen LogP contribution in [0.2, 0.25) is 0 Å². The van der Waals surface area contributed by atoms with Gasteiger partial charge in [0.15, 0.2) is 0 Å². The summed E-state index contributed by atoms with van der Waals surface area (Å²) in [4.78, 5) is 22.4. The predicted molar refractivity (Wildman–Crippen MR) is 96.1 cm³/mol. The predicted octanol–water partition coefficient (Wildman–Crippen LogP) is 4.55. The van der Waals surface area contributed by atoms with Crippen molar-refractivity contribution in [2.24, 2.45) is 0 Å². The molecule has 0 saturated carbocycles. The summed E-state index contributed by atoms with van der Waals surface area (Å²) in [5.74, 6) is 0.897. The number of amides is 1. The van der Waals surface area contributed by atoms with Crippen LogP contribution in [0.5, 0.6) is 0 Å². The Kier molecular flexibility index (Phi) is 4.95. The number of nitrogens with zero attached hydrogens (tertiary/aromatic N) is 1. The maximum absolute atomic E-state index is 12.1. The van der Waals surface area contributed by atoms with Gasteiger partial charge in [-0.3, -0.25) is 14.9 Å². The normalized spacial score (nSPS) is 10.4. The Balaban J connectivity index is 1.66. The Morgan fingerprint density at radius 1 is 1.12 bits per heavy atom. The Morgan fingerprint density at radius 2 is 1.88 bits per heavy atom. The van der Waals surface area contributed by atoms with Crippen molar-refractivity contribution in [3.05, 3.63) is 86.6 Å². The highest BCUT2D eigenvalue weighted by Gasteiger charge is 2.12. The molecule has 1 aromatic heterocycles. The first-order chi connectivity index (χ1) is 12.0. The van der Waals surface area contributed by atoms with Gasteiger partial charge in [-0.15, -0.1) is 0 Å². The van der Waals surface area contributed by atoms with Gasteiger partial charge in [0.25, 0.3) is 11.6 Å². The van der Waals surface area contributed by atoms with Crippen LogP contribution >= 0.6 is 15.9 Å². The standard InChI is InChI=1S/C18H13BrN2O4/c19-14-6-4-12(5-7-14)17-9-8-16(25-17)11-20-18(22)13-2-1-3-15(10-13)21(23)24/h1-10H,11H2,(H,20,22). The van der Waals surface area contributed by atoms with Crippen LogP contribution in [-0.2, 0) is 6.54 Å². The summed E-state index contributed by atoms with van der Waals surface area (Å²) in [6.07, 6.45) is 0. The third-order valence-electron chi connectivity index (χ3n) is 3.53. The Hall–Kier alpha value is -2.93. The molecular formula is C18H13BrN2O4. The van der Waals surface area contributed by atoms with E-state index in [1.165, 1.54) is 24.3 Å². The molecule has 0 radical (unpaired) electrons. The lowest BCUT2D eigenvalue weighted by molar-refractivity contribution is -0.384. The van der Waals surface area contributed by atoms with E-state index >= 15 is 0 Å². The molecule has 0 aliphatic heterocycles. The number of carbonyl (C=O) groups excluding carboxylic acids is 1. The number of hydrogen-bond acceptors (Lipinski definition) is 4. The molecule has 0 aliphatic carbocycles. The molecule has 3 rings (SSSR count). The topological polar surface area (TPSA) is 85.4 Å². The quantitative estimate of drug-likeness (QED) is 0.502. The van der Waals surface area contributed by atoms with Gasteiger partial charge >= 0.3 is 0 Å². The van der Waals surface area contributed by atoms with Crippen LogP contribution < -0.4 is 5.32 Å². The fourth-order valence-corrected chi connectivity index (χ4v) is 2.54. The van der Waals surface area contributed by atoms with E-state index < -0.39 is 10.8 Å². The second-order valence-electron chi connectivity index (χ2n) is 5.26. The molecule has 1 amide bonds. The van der Waals surface area contributed by atoms with Crippen molar-refractivity contribution >= 4 is 27.5 Å². The zero-order chi connectivity index (χ0) is 17.8. The van der Waals surface area contributed by atoms with Crippen LogP contribution in [0.15, 0.2) is 69.6 Å². The van der Waals surface area contributed by atoms with E-state index in [9.17, 15) is 14.9 Å². The number of non-ortho nitro benzene ring substituents is 1. The molecule has 0 unspecified atom stereocenters. The molecule has 0 bridgehead atoms. The van der Waals surface area contributed by atoms with Gasteiger partial charge in [0.2, 0.25) is 0 Å². The van der Waals surface area contributed by atoms with Crippen LogP contribution in [0.3, 0.4) is 0 Å². The highest BCUT2D eigenvalue weighted by Crippen LogP contribution is 2.24. The van der Waals surface area contributed by atoms with Crippen LogP contribution in [0.1, 0.15) is 16.1 Å². The molecule has 126 valence electrons. The summed E-state index contributed by atoms with van der Waals surface area (Å²) in [6.45, 7) is 0.193. The molecule has 6 nitrogen and oxygen atoms in total. The lowest BCUT2D eigenvalue weighted by Gasteiger charge is -2.03. The smallest absolute Gasteiger partial charge is 0.270 e. The molecule has 7 heteroatoms.